The van der Waals surface area contributed by atoms with E-state index in [4.69, 9.17) is 4.74 Å². The second-order valence-electron chi connectivity index (χ2n) is 4.47. The van der Waals surface area contributed by atoms with Crippen molar-refractivity contribution in [3.63, 3.8) is 0 Å². The summed E-state index contributed by atoms with van der Waals surface area (Å²) in [4.78, 5) is 0. The Morgan fingerprint density at radius 2 is 2.57 bits per heavy atom. The second kappa shape index (κ2) is 3.64. The third-order valence-electron chi connectivity index (χ3n) is 3.76. The van der Waals surface area contributed by atoms with Crippen molar-refractivity contribution in [1.29, 1.82) is 0 Å². The van der Waals surface area contributed by atoms with Gasteiger partial charge in [-0.25, -0.2) is 0 Å². The van der Waals surface area contributed by atoms with Crippen LogP contribution in [0.1, 0.15) is 33.1 Å². The molecule has 0 bridgehead atoms. The molecule has 0 spiro atoms. The van der Waals surface area contributed by atoms with E-state index in [0.29, 0.717) is 11.3 Å². The standard InChI is InChI=1S/C11H18N2O/c1-3-11(2)6-4-9(11)8-14-10-5-7-12-13-10/h5,7,9H,3-4,6,8H2,1-2H3,(H,12,13). The van der Waals surface area contributed by atoms with Gasteiger partial charge in [-0.2, -0.15) is 0 Å². The first-order chi connectivity index (χ1) is 6.74. The Morgan fingerprint density at radius 3 is 3.07 bits per heavy atom. The third kappa shape index (κ3) is 1.63. The van der Waals surface area contributed by atoms with E-state index in [9.17, 15) is 0 Å². The predicted octanol–water partition coefficient (Wildman–Crippen LogP) is 2.61. The second-order valence-corrected chi connectivity index (χ2v) is 4.47. The normalized spacial score (nSPS) is 31.1. The monoisotopic (exact) mass is 194 g/mol. The number of ether oxygens (including phenoxy) is 1. The molecule has 0 amide bonds. The largest absolute Gasteiger partial charge is 0.476 e. The van der Waals surface area contributed by atoms with Crippen LogP contribution in [0, 0.1) is 11.3 Å². The number of aromatic amines is 1. The molecular weight excluding hydrogens is 176 g/mol. The Labute approximate surface area is 84.9 Å². The molecule has 1 N–H and O–H groups in total. The molecule has 2 atom stereocenters. The lowest BCUT2D eigenvalue weighted by Crippen LogP contribution is -2.40. The zero-order chi connectivity index (χ0) is 10.0. The van der Waals surface area contributed by atoms with Crippen molar-refractivity contribution in [1.82, 2.24) is 10.2 Å². The van der Waals surface area contributed by atoms with E-state index in [-0.39, 0.29) is 0 Å². The summed E-state index contributed by atoms with van der Waals surface area (Å²) >= 11 is 0. The smallest absolute Gasteiger partial charge is 0.232 e. The molecule has 1 aliphatic rings. The highest BCUT2D eigenvalue weighted by molar-refractivity contribution is 5.04. The average molecular weight is 194 g/mol. The molecule has 0 aromatic carbocycles. The van der Waals surface area contributed by atoms with Gasteiger partial charge in [0.15, 0.2) is 0 Å². The molecule has 14 heavy (non-hydrogen) atoms. The van der Waals surface area contributed by atoms with Crippen LogP contribution in [-0.4, -0.2) is 16.8 Å². The fourth-order valence-corrected chi connectivity index (χ4v) is 2.10. The summed E-state index contributed by atoms with van der Waals surface area (Å²) in [5.74, 6) is 1.43. The van der Waals surface area contributed by atoms with Gasteiger partial charge in [0.2, 0.25) is 5.88 Å². The summed E-state index contributed by atoms with van der Waals surface area (Å²) in [5.41, 5.74) is 0.510. The van der Waals surface area contributed by atoms with E-state index in [1.807, 2.05) is 6.07 Å². The maximum Gasteiger partial charge on any atom is 0.232 e. The van der Waals surface area contributed by atoms with Gasteiger partial charge >= 0.3 is 0 Å². The van der Waals surface area contributed by atoms with Gasteiger partial charge < -0.3 is 4.74 Å². The SMILES string of the molecule is CCC1(C)CCC1COc1cc[nH]n1. The number of nitrogens with zero attached hydrogens (tertiary/aromatic N) is 1. The molecule has 1 aromatic rings. The first-order valence-corrected chi connectivity index (χ1v) is 5.37. The van der Waals surface area contributed by atoms with Crippen LogP contribution in [0.3, 0.4) is 0 Å². The van der Waals surface area contributed by atoms with Crippen LogP contribution in [0.25, 0.3) is 0 Å². The molecule has 1 fully saturated rings. The molecule has 1 saturated carbocycles. The number of hydrogen-bond acceptors (Lipinski definition) is 2. The van der Waals surface area contributed by atoms with E-state index in [2.05, 4.69) is 24.0 Å². The molecule has 3 nitrogen and oxygen atoms in total. The zero-order valence-corrected chi connectivity index (χ0v) is 8.92. The fourth-order valence-electron chi connectivity index (χ4n) is 2.10. The van der Waals surface area contributed by atoms with Gasteiger partial charge in [-0.05, 0) is 24.2 Å². The minimum Gasteiger partial charge on any atom is -0.476 e. The van der Waals surface area contributed by atoms with Gasteiger partial charge in [-0.15, -0.1) is 5.10 Å². The first kappa shape index (κ1) is 9.56. The molecule has 0 aliphatic heterocycles. The number of aromatic nitrogens is 2. The highest BCUT2D eigenvalue weighted by Gasteiger charge is 2.41. The lowest BCUT2D eigenvalue weighted by molar-refractivity contribution is 0.00803. The molecule has 1 aromatic heterocycles. The van der Waals surface area contributed by atoms with Gasteiger partial charge in [0.05, 0.1) is 6.61 Å². The summed E-state index contributed by atoms with van der Waals surface area (Å²) in [6.07, 6.45) is 5.68. The minimum absolute atomic E-state index is 0.510. The van der Waals surface area contributed by atoms with E-state index >= 15 is 0 Å². The lowest BCUT2D eigenvalue weighted by Gasteiger charge is -2.46. The Hall–Kier alpha value is -0.990. The van der Waals surface area contributed by atoms with Crippen molar-refractivity contribution in [2.45, 2.75) is 33.1 Å². The van der Waals surface area contributed by atoms with Crippen molar-refractivity contribution in [3.8, 4) is 5.88 Å². The number of H-pyrrole nitrogens is 1. The number of rotatable bonds is 4. The quantitative estimate of drug-likeness (QED) is 0.800. The van der Waals surface area contributed by atoms with Crippen molar-refractivity contribution in [3.05, 3.63) is 12.3 Å². The number of nitrogens with one attached hydrogen (secondary N) is 1. The molecule has 1 heterocycles. The van der Waals surface area contributed by atoms with Crippen LogP contribution in [0.15, 0.2) is 12.3 Å². The molecule has 2 rings (SSSR count). The van der Waals surface area contributed by atoms with Gasteiger partial charge in [-0.3, -0.25) is 5.10 Å². The number of hydrogen-bond donors (Lipinski definition) is 1. The van der Waals surface area contributed by atoms with E-state index < -0.39 is 0 Å². The maximum atomic E-state index is 5.60. The zero-order valence-electron chi connectivity index (χ0n) is 8.92. The average Bonchev–Trinajstić information content (AvgIpc) is 2.68. The summed E-state index contributed by atoms with van der Waals surface area (Å²) in [5, 5.41) is 6.72. The van der Waals surface area contributed by atoms with E-state index in [1.165, 1.54) is 19.3 Å². The van der Waals surface area contributed by atoms with Gasteiger partial charge in [0.1, 0.15) is 0 Å². The van der Waals surface area contributed by atoms with Gasteiger partial charge in [0.25, 0.3) is 0 Å². The Morgan fingerprint density at radius 1 is 1.71 bits per heavy atom. The molecule has 0 radical (unpaired) electrons. The van der Waals surface area contributed by atoms with Crippen molar-refractivity contribution in [2.24, 2.45) is 11.3 Å². The summed E-state index contributed by atoms with van der Waals surface area (Å²) in [7, 11) is 0. The van der Waals surface area contributed by atoms with Crippen LogP contribution in [0.4, 0.5) is 0 Å². The van der Waals surface area contributed by atoms with Gasteiger partial charge in [0, 0.05) is 12.3 Å². The Balaban J connectivity index is 1.82. The molecule has 1 aliphatic carbocycles. The highest BCUT2D eigenvalue weighted by atomic mass is 16.5. The molecule has 2 unspecified atom stereocenters. The van der Waals surface area contributed by atoms with Crippen LogP contribution in [0.2, 0.25) is 0 Å². The van der Waals surface area contributed by atoms with E-state index in [1.54, 1.807) is 6.20 Å². The first-order valence-electron chi connectivity index (χ1n) is 5.37. The van der Waals surface area contributed by atoms with Crippen LogP contribution >= 0.6 is 0 Å². The molecule has 78 valence electrons. The Bertz CT molecular complexity index is 279. The lowest BCUT2D eigenvalue weighted by atomic mass is 9.60. The molecular formula is C11H18N2O. The Kier molecular flexibility index (Phi) is 2.48. The van der Waals surface area contributed by atoms with Crippen molar-refractivity contribution < 1.29 is 4.74 Å². The molecule has 3 heteroatoms. The van der Waals surface area contributed by atoms with Crippen LogP contribution in [-0.2, 0) is 0 Å². The topological polar surface area (TPSA) is 37.9 Å². The fraction of sp³-hybridized carbons (Fsp3) is 0.727. The van der Waals surface area contributed by atoms with Gasteiger partial charge in [-0.1, -0.05) is 20.3 Å². The van der Waals surface area contributed by atoms with E-state index in [0.717, 1.165) is 12.5 Å². The van der Waals surface area contributed by atoms with Crippen LogP contribution < -0.4 is 4.74 Å². The minimum atomic E-state index is 0.510. The van der Waals surface area contributed by atoms with Crippen molar-refractivity contribution >= 4 is 0 Å². The van der Waals surface area contributed by atoms with Crippen molar-refractivity contribution in [2.75, 3.05) is 6.61 Å². The predicted molar refractivity (Wildman–Crippen MR) is 55.2 cm³/mol. The summed E-state index contributed by atoms with van der Waals surface area (Å²) < 4.78 is 5.60. The summed E-state index contributed by atoms with van der Waals surface area (Å²) in [6.45, 7) is 5.44. The van der Waals surface area contributed by atoms with Crippen LogP contribution in [0.5, 0.6) is 5.88 Å². The maximum absolute atomic E-state index is 5.60. The highest BCUT2D eigenvalue weighted by Crippen LogP contribution is 2.48. The third-order valence-corrected chi connectivity index (χ3v) is 3.76. The molecule has 0 saturated heterocycles. The summed E-state index contributed by atoms with van der Waals surface area (Å²) in [6, 6.07) is 1.86.